The number of hydrogen-bond acceptors (Lipinski definition) is 6. The molecule has 7 nitrogen and oxygen atoms in total. The van der Waals surface area contributed by atoms with Crippen molar-refractivity contribution in [2.75, 3.05) is 11.9 Å². The highest BCUT2D eigenvalue weighted by Gasteiger charge is 2.07. The fourth-order valence-electron chi connectivity index (χ4n) is 1.86. The highest BCUT2D eigenvalue weighted by atomic mass is 79.9. The van der Waals surface area contributed by atoms with E-state index in [1.165, 1.54) is 0 Å². The van der Waals surface area contributed by atoms with Gasteiger partial charge >= 0.3 is 0 Å². The Bertz CT molecular complexity index is 746. The Morgan fingerprint density at radius 3 is 3.14 bits per heavy atom. The standard InChI is InChI=1S/C13H13BrN6O/c1-9(21-11-4-2-3-10(14)5-11)6-16-12-7-15-8-13-17-18-19-20(12)13/h2-5,7-9,16H,6H2,1H3. The molecule has 0 radical (unpaired) electrons. The van der Waals surface area contributed by atoms with Crippen LogP contribution in [0.5, 0.6) is 5.75 Å². The minimum atomic E-state index is -0.0222. The highest BCUT2D eigenvalue weighted by Crippen LogP contribution is 2.19. The third-order valence-corrected chi connectivity index (χ3v) is 3.31. The van der Waals surface area contributed by atoms with Crippen LogP contribution in [-0.2, 0) is 0 Å². The molecule has 0 spiro atoms. The minimum absolute atomic E-state index is 0.0222. The molecule has 1 unspecified atom stereocenters. The monoisotopic (exact) mass is 348 g/mol. The van der Waals surface area contributed by atoms with E-state index in [-0.39, 0.29) is 6.10 Å². The summed E-state index contributed by atoms with van der Waals surface area (Å²) in [7, 11) is 0. The van der Waals surface area contributed by atoms with Gasteiger partial charge in [-0.1, -0.05) is 22.0 Å². The van der Waals surface area contributed by atoms with Crippen LogP contribution in [0, 0.1) is 0 Å². The van der Waals surface area contributed by atoms with Crippen LogP contribution in [0.3, 0.4) is 0 Å². The fourth-order valence-corrected chi connectivity index (χ4v) is 2.24. The summed E-state index contributed by atoms with van der Waals surface area (Å²) in [5.74, 6) is 1.54. The van der Waals surface area contributed by atoms with E-state index in [1.54, 1.807) is 16.9 Å². The molecular formula is C13H13BrN6O. The van der Waals surface area contributed by atoms with Crippen LogP contribution >= 0.6 is 15.9 Å². The quantitative estimate of drug-likeness (QED) is 0.761. The van der Waals surface area contributed by atoms with Crippen molar-refractivity contribution < 1.29 is 4.74 Å². The van der Waals surface area contributed by atoms with Crippen LogP contribution in [-0.4, -0.2) is 37.7 Å². The van der Waals surface area contributed by atoms with Crippen molar-refractivity contribution in [1.82, 2.24) is 25.0 Å². The van der Waals surface area contributed by atoms with Gasteiger partial charge in [-0.05, 0) is 35.5 Å². The van der Waals surface area contributed by atoms with Crippen LogP contribution in [0.4, 0.5) is 5.82 Å². The molecular weight excluding hydrogens is 336 g/mol. The van der Waals surface area contributed by atoms with Crippen LogP contribution in [0.15, 0.2) is 41.1 Å². The number of hydrogen-bond donors (Lipinski definition) is 1. The van der Waals surface area contributed by atoms with Gasteiger partial charge in [-0.25, -0.2) is 0 Å². The van der Waals surface area contributed by atoms with E-state index in [9.17, 15) is 0 Å². The molecule has 0 bridgehead atoms. The summed E-state index contributed by atoms with van der Waals surface area (Å²) in [5.41, 5.74) is 0.598. The predicted molar refractivity (Wildman–Crippen MR) is 81.3 cm³/mol. The van der Waals surface area contributed by atoms with E-state index >= 15 is 0 Å². The summed E-state index contributed by atoms with van der Waals surface area (Å²) in [6.45, 7) is 2.59. The summed E-state index contributed by atoms with van der Waals surface area (Å²) in [6, 6.07) is 7.75. The number of benzene rings is 1. The Morgan fingerprint density at radius 2 is 2.29 bits per heavy atom. The smallest absolute Gasteiger partial charge is 0.199 e. The van der Waals surface area contributed by atoms with Crippen LogP contribution in [0.2, 0.25) is 0 Å². The molecule has 3 rings (SSSR count). The van der Waals surface area contributed by atoms with E-state index in [1.807, 2.05) is 31.2 Å². The van der Waals surface area contributed by atoms with Gasteiger partial charge in [-0.15, -0.1) is 5.10 Å². The topological polar surface area (TPSA) is 77.2 Å². The Balaban J connectivity index is 1.63. The number of halogens is 1. The lowest BCUT2D eigenvalue weighted by Crippen LogP contribution is -2.23. The number of aromatic nitrogens is 5. The molecule has 1 atom stereocenters. The van der Waals surface area contributed by atoms with Gasteiger partial charge in [0, 0.05) is 4.47 Å². The Labute approximate surface area is 129 Å². The Morgan fingerprint density at radius 1 is 1.38 bits per heavy atom. The molecule has 8 heteroatoms. The number of ether oxygens (including phenoxy) is 1. The molecule has 1 N–H and O–H groups in total. The molecule has 0 saturated carbocycles. The van der Waals surface area contributed by atoms with Crippen LogP contribution in [0.1, 0.15) is 6.92 Å². The molecule has 0 aliphatic heterocycles. The van der Waals surface area contributed by atoms with Crippen molar-refractivity contribution in [2.45, 2.75) is 13.0 Å². The lowest BCUT2D eigenvalue weighted by atomic mass is 10.3. The minimum Gasteiger partial charge on any atom is -0.489 e. The molecule has 2 heterocycles. The average Bonchev–Trinajstić information content (AvgIpc) is 2.94. The Kier molecular flexibility index (Phi) is 3.96. The van der Waals surface area contributed by atoms with Crippen molar-refractivity contribution in [2.24, 2.45) is 0 Å². The third-order valence-electron chi connectivity index (χ3n) is 2.81. The van der Waals surface area contributed by atoms with Crippen molar-refractivity contribution in [3.63, 3.8) is 0 Å². The highest BCUT2D eigenvalue weighted by molar-refractivity contribution is 9.10. The van der Waals surface area contributed by atoms with E-state index in [0.717, 1.165) is 16.0 Å². The zero-order chi connectivity index (χ0) is 14.7. The van der Waals surface area contributed by atoms with Gasteiger partial charge in [0.25, 0.3) is 0 Å². The molecule has 0 aliphatic carbocycles. The summed E-state index contributed by atoms with van der Waals surface area (Å²) in [6.07, 6.45) is 3.26. The molecule has 2 aromatic heterocycles. The second-order valence-electron chi connectivity index (χ2n) is 4.51. The maximum atomic E-state index is 5.84. The van der Waals surface area contributed by atoms with E-state index in [0.29, 0.717) is 12.2 Å². The first-order chi connectivity index (χ1) is 10.2. The summed E-state index contributed by atoms with van der Waals surface area (Å²) in [4.78, 5) is 4.09. The van der Waals surface area contributed by atoms with Gasteiger partial charge in [-0.3, -0.25) is 4.98 Å². The van der Waals surface area contributed by atoms with Crippen molar-refractivity contribution in [3.8, 4) is 5.75 Å². The number of rotatable bonds is 5. The maximum absolute atomic E-state index is 5.84. The number of nitrogens with one attached hydrogen (secondary N) is 1. The van der Waals surface area contributed by atoms with Crippen LogP contribution in [0.25, 0.3) is 5.65 Å². The van der Waals surface area contributed by atoms with E-state index < -0.39 is 0 Å². The largest absolute Gasteiger partial charge is 0.489 e. The fraction of sp³-hybridized carbons (Fsp3) is 0.231. The summed E-state index contributed by atoms with van der Waals surface area (Å²) in [5, 5.41) is 14.6. The average molecular weight is 349 g/mol. The van der Waals surface area contributed by atoms with E-state index in [2.05, 4.69) is 41.8 Å². The molecule has 1 aromatic carbocycles. The second-order valence-corrected chi connectivity index (χ2v) is 5.42. The van der Waals surface area contributed by atoms with Crippen molar-refractivity contribution in [1.29, 1.82) is 0 Å². The predicted octanol–water partition coefficient (Wildman–Crippen LogP) is 2.16. The zero-order valence-corrected chi connectivity index (χ0v) is 12.9. The SMILES string of the molecule is CC(CNc1cncc2nnnn12)Oc1cccc(Br)c1. The van der Waals surface area contributed by atoms with Crippen molar-refractivity contribution in [3.05, 3.63) is 41.1 Å². The first kappa shape index (κ1) is 13.7. The summed E-state index contributed by atoms with van der Waals surface area (Å²) < 4.78 is 8.42. The lowest BCUT2D eigenvalue weighted by molar-refractivity contribution is 0.234. The van der Waals surface area contributed by atoms with Gasteiger partial charge in [0.2, 0.25) is 0 Å². The van der Waals surface area contributed by atoms with Gasteiger partial charge in [0.05, 0.1) is 18.9 Å². The number of nitrogens with zero attached hydrogens (tertiary/aromatic N) is 5. The maximum Gasteiger partial charge on any atom is 0.199 e. The number of fused-ring (bicyclic) bond motifs is 1. The molecule has 0 amide bonds. The molecule has 0 aliphatic rings. The summed E-state index contributed by atoms with van der Waals surface area (Å²) >= 11 is 3.42. The Hall–Kier alpha value is -2.22. The molecule has 21 heavy (non-hydrogen) atoms. The van der Waals surface area contributed by atoms with Crippen molar-refractivity contribution >= 4 is 27.4 Å². The first-order valence-electron chi connectivity index (χ1n) is 6.40. The number of tetrazole rings is 1. The molecule has 108 valence electrons. The zero-order valence-electron chi connectivity index (χ0n) is 11.3. The van der Waals surface area contributed by atoms with E-state index in [4.69, 9.17) is 4.74 Å². The van der Waals surface area contributed by atoms with Gasteiger partial charge in [-0.2, -0.15) is 4.52 Å². The lowest BCUT2D eigenvalue weighted by Gasteiger charge is -2.16. The normalized spacial score (nSPS) is 12.3. The molecule has 0 fully saturated rings. The molecule has 3 aromatic rings. The number of anilines is 1. The van der Waals surface area contributed by atoms with Gasteiger partial charge < -0.3 is 10.1 Å². The first-order valence-corrected chi connectivity index (χ1v) is 7.20. The third kappa shape index (κ3) is 3.27. The van der Waals surface area contributed by atoms with Crippen LogP contribution < -0.4 is 10.1 Å². The molecule has 0 saturated heterocycles. The second kappa shape index (κ2) is 6.04. The van der Waals surface area contributed by atoms with Gasteiger partial charge in [0.15, 0.2) is 11.5 Å². The van der Waals surface area contributed by atoms with Gasteiger partial charge in [0.1, 0.15) is 11.9 Å².